The molecule has 3 rings (SSSR count). The molecule has 1 aliphatic heterocycles. The summed E-state index contributed by atoms with van der Waals surface area (Å²) in [5.41, 5.74) is 2.03. The van der Waals surface area contributed by atoms with Crippen molar-refractivity contribution in [3.8, 4) is 0 Å². The van der Waals surface area contributed by atoms with Crippen LogP contribution in [0, 0.1) is 0 Å². The molecule has 0 spiro atoms. The van der Waals surface area contributed by atoms with Crippen LogP contribution in [0.5, 0.6) is 0 Å². The lowest BCUT2D eigenvalue weighted by Gasteiger charge is -2.03. The van der Waals surface area contributed by atoms with Crippen LogP contribution in [0.4, 0.5) is 0 Å². The van der Waals surface area contributed by atoms with Crippen LogP contribution in [0.15, 0.2) is 22.9 Å². The topological polar surface area (TPSA) is 42.2 Å². The van der Waals surface area contributed by atoms with E-state index < -0.39 is 0 Å². The lowest BCUT2D eigenvalue weighted by Crippen LogP contribution is -2.08. The molecule has 0 radical (unpaired) electrons. The summed E-state index contributed by atoms with van der Waals surface area (Å²) in [6.07, 6.45) is 4.87. The number of rotatable bonds is 1. The van der Waals surface area contributed by atoms with Crippen LogP contribution in [0.2, 0.25) is 0 Å². The highest BCUT2D eigenvalue weighted by Crippen LogP contribution is 2.30. The maximum absolute atomic E-state index is 4.56. The van der Waals surface area contributed by atoms with Crippen molar-refractivity contribution in [3.05, 3.63) is 28.6 Å². The van der Waals surface area contributed by atoms with Gasteiger partial charge in [-0.1, -0.05) is 0 Å². The molecule has 5 heteroatoms. The van der Waals surface area contributed by atoms with Crippen LogP contribution in [0.25, 0.3) is 5.65 Å². The van der Waals surface area contributed by atoms with Gasteiger partial charge in [-0.15, -0.1) is 0 Å². The number of fused-ring (bicyclic) bond motifs is 1. The predicted octanol–water partition coefficient (Wildman–Crippen LogP) is 1.57. The van der Waals surface area contributed by atoms with Crippen molar-refractivity contribution in [3.63, 3.8) is 0 Å². The van der Waals surface area contributed by atoms with Gasteiger partial charge in [0.05, 0.1) is 10.2 Å². The van der Waals surface area contributed by atoms with Crippen molar-refractivity contribution >= 4 is 21.6 Å². The Hall–Kier alpha value is -0.940. The van der Waals surface area contributed by atoms with Gasteiger partial charge in [0.25, 0.3) is 0 Å². The standard InChI is InChI=1S/C10H11BrN4/c11-8-9(7-2-4-12-6-7)14-15-5-1-3-13-10(8)15/h1,3,5,7,12H,2,4,6H2. The summed E-state index contributed by atoms with van der Waals surface area (Å²) in [5.74, 6) is 0.515. The fourth-order valence-electron chi connectivity index (χ4n) is 2.02. The fourth-order valence-corrected chi connectivity index (χ4v) is 2.71. The Kier molecular flexibility index (Phi) is 2.21. The van der Waals surface area contributed by atoms with E-state index in [4.69, 9.17) is 0 Å². The Balaban J connectivity index is 2.14. The number of nitrogens with one attached hydrogen (secondary N) is 1. The van der Waals surface area contributed by atoms with Crippen LogP contribution in [0.1, 0.15) is 18.0 Å². The summed E-state index contributed by atoms with van der Waals surface area (Å²) in [5, 5.41) is 7.91. The first kappa shape index (κ1) is 9.30. The van der Waals surface area contributed by atoms with E-state index in [1.807, 2.05) is 16.8 Å². The van der Waals surface area contributed by atoms with Gasteiger partial charge in [-0.3, -0.25) is 0 Å². The van der Waals surface area contributed by atoms with E-state index in [0.29, 0.717) is 5.92 Å². The van der Waals surface area contributed by atoms with Gasteiger partial charge >= 0.3 is 0 Å². The third kappa shape index (κ3) is 1.46. The molecule has 1 fully saturated rings. The Morgan fingerprint density at radius 3 is 3.20 bits per heavy atom. The molecular formula is C10H11BrN4. The average Bonchev–Trinajstić information content (AvgIpc) is 2.87. The molecule has 1 atom stereocenters. The molecule has 0 aromatic carbocycles. The molecule has 0 aliphatic carbocycles. The lowest BCUT2D eigenvalue weighted by atomic mass is 10.1. The SMILES string of the molecule is Brc1c(C2CCNC2)nn2cccnc12. The first-order valence-corrected chi connectivity index (χ1v) is 5.85. The number of hydrogen-bond donors (Lipinski definition) is 1. The van der Waals surface area contributed by atoms with E-state index >= 15 is 0 Å². The number of aromatic nitrogens is 3. The molecule has 0 saturated carbocycles. The minimum atomic E-state index is 0.515. The predicted molar refractivity (Wildman–Crippen MR) is 60.9 cm³/mol. The van der Waals surface area contributed by atoms with Gasteiger partial charge in [-0.2, -0.15) is 5.10 Å². The van der Waals surface area contributed by atoms with Crippen molar-refractivity contribution in [2.24, 2.45) is 0 Å². The van der Waals surface area contributed by atoms with Crippen molar-refractivity contribution in [2.45, 2.75) is 12.3 Å². The summed E-state index contributed by atoms with van der Waals surface area (Å²) >= 11 is 3.59. The molecule has 1 aliphatic rings. The first-order chi connectivity index (χ1) is 7.36. The number of halogens is 1. The maximum Gasteiger partial charge on any atom is 0.169 e. The van der Waals surface area contributed by atoms with Crippen LogP contribution < -0.4 is 5.32 Å². The van der Waals surface area contributed by atoms with E-state index in [9.17, 15) is 0 Å². The summed E-state index contributed by atoms with van der Waals surface area (Å²) in [6.45, 7) is 2.10. The normalized spacial score (nSPS) is 21.3. The molecule has 0 amide bonds. The van der Waals surface area contributed by atoms with Crippen molar-refractivity contribution in [2.75, 3.05) is 13.1 Å². The molecule has 15 heavy (non-hydrogen) atoms. The molecular weight excluding hydrogens is 256 g/mol. The van der Waals surface area contributed by atoms with Gasteiger partial charge in [0.2, 0.25) is 0 Å². The second-order valence-electron chi connectivity index (χ2n) is 3.78. The van der Waals surface area contributed by atoms with Gasteiger partial charge < -0.3 is 5.32 Å². The van der Waals surface area contributed by atoms with E-state index in [2.05, 4.69) is 31.3 Å². The molecule has 2 aromatic heterocycles. The lowest BCUT2D eigenvalue weighted by molar-refractivity contribution is 0.715. The second kappa shape index (κ2) is 3.57. The highest BCUT2D eigenvalue weighted by atomic mass is 79.9. The maximum atomic E-state index is 4.56. The van der Waals surface area contributed by atoms with E-state index in [1.54, 1.807) is 6.20 Å². The van der Waals surface area contributed by atoms with Gasteiger partial charge in [0.1, 0.15) is 0 Å². The molecule has 1 N–H and O–H groups in total. The summed E-state index contributed by atoms with van der Waals surface area (Å²) in [6, 6.07) is 1.89. The highest BCUT2D eigenvalue weighted by molar-refractivity contribution is 9.10. The third-order valence-corrected chi connectivity index (χ3v) is 3.57. The second-order valence-corrected chi connectivity index (χ2v) is 4.57. The Bertz CT molecular complexity index is 487. The Labute approximate surface area is 95.8 Å². The molecule has 3 heterocycles. The van der Waals surface area contributed by atoms with Crippen LogP contribution >= 0.6 is 15.9 Å². The van der Waals surface area contributed by atoms with Crippen molar-refractivity contribution < 1.29 is 0 Å². The zero-order valence-electron chi connectivity index (χ0n) is 8.15. The smallest absolute Gasteiger partial charge is 0.169 e. The van der Waals surface area contributed by atoms with Gasteiger partial charge in [-0.25, -0.2) is 9.50 Å². The molecule has 1 saturated heterocycles. The monoisotopic (exact) mass is 266 g/mol. The van der Waals surface area contributed by atoms with E-state index in [-0.39, 0.29) is 0 Å². The molecule has 1 unspecified atom stereocenters. The number of hydrogen-bond acceptors (Lipinski definition) is 3. The van der Waals surface area contributed by atoms with Gasteiger partial charge in [-0.05, 0) is 35.0 Å². The quantitative estimate of drug-likeness (QED) is 0.852. The van der Waals surface area contributed by atoms with Crippen LogP contribution in [0.3, 0.4) is 0 Å². The zero-order chi connectivity index (χ0) is 10.3. The van der Waals surface area contributed by atoms with E-state index in [0.717, 1.165) is 35.3 Å². The molecule has 0 bridgehead atoms. The largest absolute Gasteiger partial charge is 0.316 e. The van der Waals surface area contributed by atoms with Crippen LogP contribution in [-0.4, -0.2) is 27.7 Å². The minimum Gasteiger partial charge on any atom is -0.316 e. The van der Waals surface area contributed by atoms with Crippen molar-refractivity contribution in [1.29, 1.82) is 0 Å². The minimum absolute atomic E-state index is 0.515. The molecule has 2 aromatic rings. The average molecular weight is 267 g/mol. The van der Waals surface area contributed by atoms with Gasteiger partial charge in [0, 0.05) is 24.9 Å². The summed E-state index contributed by atoms with van der Waals surface area (Å²) in [4.78, 5) is 4.31. The summed E-state index contributed by atoms with van der Waals surface area (Å²) in [7, 11) is 0. The molecule has 78 valence electrons. The zero-order valence-corrected chi connectivity index (χ0v) is 9.74. The van der Waals surface area contributed by atoms with Crippen LogP contribution in [-0.2, 0) is 0 Å². The third-order valence-electron chi connectivity index (χ3n) is 2.81. The van der Waals surface area contributed by atoms with Crippen molar-refractivity contribution in [1.82, 2.24) is 19.9 Å². The number of nitrogens with zero attached hydrogens (tertiary/aromatic N) is 3. The summed E-state index contributed by atoms with van der Waals surface area (Å²) < 4.78 is 2.87. The first-order valence-electron chi connectivity index (χ1n) is 5.06. The fraction of sp³-hybridized carbons (Fsp3) is 0.400. The molecule has 4 nitrogen and oxygen atoms in total. The highest BCUT2D eigenvalue weighted by Gasteiger charge is 2.23. The van der Waals surface area contributed by atoms with Gasteiger partial charge in [0.15, 0.2) is 5.65 Å². The Morgan fingerprint density at radius 2 is 2.47 bits per heavy atom. The Morgan fingerprint density at radius 1 is 1.53 bits per heavy atom. The van der Waals surface area contributed by atoms with E-state index in [1.165, 1.54) is 0 Å².